The number of esters is 1. The Hall–Kier alpha value is -1.55. The van der Waals surface area contributed by atoms with Gasteiger partial charge < -0.3 is 14.4 Å². The van der Waals surface area contributed by atoms with Gasteiger partial charge in [-0.1, -0.05) is 6.92 Å². The number of ether oxygens (including phenoxy) is 2. The molecule has 112 valence electrons. The van der Waals surface area contributed by atoms with Crippen molar-refractivity contribution >= 4 is 11.7 Å². The van der Waals surface area contributed by atoms with Gasteiger partial charge in [0.2, 0.25) is 0 Å². The largest absolute Gasteiger partial charge is 0.457 e. The van der Waals surface area contributed by atoms with Crippen LogP contribution < -0.4 is 4.90 Å². The van der Waals surface area contributed by atoms with Crippen molar-refractivity contribution < 1.29 is 14.3 Å². The zero-order valence-electron chi connectivity index (χ0n) is 13.1. The van der Waals surface area contributed by atoms with Gasteiger partial charge in [-0.2, -0.15) is 0 Å². The maximum atomic E-state index is 12.0. The van der Waals surface area contributed by atoms with E-state index in [4.69, 9.17) is 9.47 Å². The predicted octanol–water partition coefficient (Wildman–Crippen LogP) is 3.11. The maximum absolute atomic E-state index is 12.0. The Bertz CT molecular complexity index is 414. The van der Waals surface area contributed by atoms with Crippen molar-refractivity contribution in [1.82, 2.24) is 0 Å². The Morgan fingerprint density at radius 3 is 2.25 bits per heavy atom. The lowest BCUT2D eigenvalue weighted by Gasteiger charge is -2.17. The fourth-order valence-electron chi connectivity index (χ4n) is 1.60. The predicted molar refractivity (Wildman–Crippen MR) is 81.4 cm³/mol. The first kappa shape index (κ1) is 16.5. The highest BCUT2D eigenvalue weighted by Crippen LogP contribution is 2.13. The summed E-state index contributed by atoms with van der Waals surface area (Å²) < 4.78 is 10.9. The van der Waals surface area contributed by atoms with Crippen LogP contribution in [0.2, 0.25) is 0 Å². The Kier molecular flexibility index (Phi) is 6.52. The second-order valence-corrected chi connectivity index (χ2v) is 5.21. The molecule has 0 heterocycles. The van der Waals surface area contributed by atoms with Crippen LogP contribution in [0.3, 0.4) is 0 Å². The van der Waals surface area contributed by atoms with Gasteiger partial charge in [-0.05, 0) is 44.5 Å². The van der Waals surface area contributed by atoms with Crippen molar-refractivity contribution in [1.29, 1.82) is 0 Å². The summed E-state index contributed by atoms with van der Waals surface area (Å²) in [6.45, 7) is 6.34. The molecule has 0 aliphatic rings. The quantitative estimate of drug-likeness (QED) is 0.719. The lowest BCUT2D eigenvalue weighted by molar-refractivity contribution is -0.0186. The van der Waals surface area contributed by atoms with Crippen molar-refractivity contribution in [3.63, 3.8) is 0 Å². The van der Waals surface area contributed by atoms with Gasteiger partial charge in [-0.3, -0.25) is 0 Å². The number of hydrogen-bond acceptors (Lipinski definition) is 4. The molecule has 0 saturated heterocycles. The van der Waals surface area contributed by atoms with Gasteiger partial charge in [-0.15, -0.1) is 0 Å². The van der Waals surface area contributed by atoms with Crippen LogP contribution in [0.15, 0.2) is 24.3 Å². The fourth-order valence-corrected chi connectivity index (χ4v) is 1.60. The second kappa shape index (κ2) is 7.90. The van der Waals surface area contributed by atoms with Gasteiger partial charge >= 0.3 is 5.97 Å². The lowest BCUT2D eigenvalue weighted by Crippen LogP contribution is -2.23. The van der Waals surface area contributed by atoms with Gasteiger partial charge in [0.25, 0.3) is 0 Å². The van der Waals surface area contributed by atoms with Gasteiger partial charge in [0.15, 0.2) is 0 Å². The number of rotatable bonds is 7. The van der Waals surface area contributed by atoms with Crippen LogP contribution >= 0.6 is 0 Å². The highest BCUT2D eigenvalue weighted by molar-refractivity contribution is 5.89. The summed E-state index contributed by atoms with van der Waals surface area (Å²) in [4.78, 5) is 13.9. The van der Waals surface area contributed by atoms with Gasteiger partial charge in [0, 0.05) is 19.8 Å². The first-order chi connectivity index (χ1) is 9.43. The van der Waals surface area contributed by atoms with E-state index in [-0.39, 0.29) is 18.2 Å². The molecule has 0 fully saturated rings. The minimum absolute atomic E-state index is 0.190. The minimum atomic E-state index is -0.310. The topological polar surface area (TPSA) is 38.8 Å². The molecule has 2 atom stereocenters. The Morgan fingerprint density at radius 2 is 1.75 bits per heavy atom. The normalized spacial score (nSPS) is 13.7. The van der Waals surface area contributed by atoms with Gasteiger partial charge in [0.1, 0.15) is 6.10 Å². The van der Waals surface area contributed by atoms with Crippen LogP contribution in [0.4, 0.5) is 5.69 Å². The highest BCUT2D eigenvalue weighted by Gasteiger charge is 2.13. The molecular weight excluding hydrogens is 254 g/mol. The van der Waals surface area contributed by atoms with Crippen LogP contribution in [0.5, 0.6) is 0 Å². The molecule has 0 radical (unpaired) electrons. The number of hydrogen-bond donors (Lipinski definition) is 0. The third-order valence-electron chi connectivity index (χ3n) is 3.12. The van der Waals surface area contributed by atoms with Gasteiger partial charge in [-0.25, -0.2) is 4.79 Å². The molecule has 0 bridgehead atoms. The number of anilines is 1. The van der Waals surface area contributed by atoms with E-state index in [1.54, 1.807) is 12.1 Å². The number of carbonyl (C=O) groups excluding carboxylic acids is 1. The molecule has 0 amide bonds. The zero-order valence-corrected chi connectivity index (χ0v) is 13.1. The number of carbonyl (C=O) groups is 1. The van der Waals surface area contributed by atoms with Crippen molar-refractivity contribution in [2.24, 2.45) is 0 Å². The Balaban J connectivity index is 2.49. The van der Waals surface area contributed by atoms with Crippen molar-refractivity contribution in [3.8, 4) is 0 Å². The first-order valence-corrected chi connectivity index (χ1v) is 7.04. The van der Waals surface area contributed by atoms with E-state index >= 15 is 0 Å². The standard InChI is InChI=1S/C16H25NO3/c1-6-12(2)19-11-13(3)20-16(18)14-7-9-15(10-8-14)17(4)5/h7-10,12-13H,6,11H2,1-5H3. The van der Waals surface area contributed by atoms with E-state index < -0.39 is 0 Å². The average Bonchev–Trinajstić information content (AvgIpc) is 2.44. The third kappa shape index (κ3) is 5.21. The van der Waals surface area contributed by atoms with Crippen LogP contribution in [-0.4, -0.2) is 38.9 Å². The monoisotopic (exact) mass is 279 g/mol. The van der Waals surface area contributed by atoms with E-state index in [1.165, 1.54) is 0 Å². The molecule has 4 heteroatoms. The molecular formula is C16H25NO3. The summed E-state index contributed by atoms with van der Waals surface area (Å²) in [7, 11) is 3.92. The second-order valence-electron chi connectivity index (χ2n) is 5.21. The van der Waals surface area contributed by atoms with E-state index in [1.807, 2.05) is 45.0 Å². The summed E-state index contributed by atoms with van der Waals surface area (Å²) in [6.07, 6.45) is 0.896. The third-order valence-corrected chi connectivity index (χ3v) is 3.12. The van der Waals surface area contributed by atoms with Gasteiger partial charge in [0.05, 0.1) is 18.3 Å². The maximum Gasteiger partial charge on any atom is 0.338 e. The molecule has 0 saturated carbocycles. The average molecular weight is 279 g/mol. The molecule has 2 unspecified atom stereocenters. The van der Waals surface area contributed by atoms with E-state index in [0.29, 0.717) is 12.2 Å². The molecule has 1 rings (SSSR count). The van der Waals surface area contributed by atoms with E-state index in [9.17, 15) is 4.79 Å². The molecule has 0 aromatic heterocycles. The molecule has 0 aliphatic carbocycles. The zero-order chi connectivity index (χ0) is 15.1. The van der Waals surface area contributed by atoms with Crippen LogP contribution in [0.1, 0.15) is 37.6 Å². The molecule has 1 aromatic carbocycles. The van der Waals surface area contributed by atoms with Crippen LogP contribution in [0.25, 0.3) is 0 Å². The summed E-state index contributed by atoms with van der Waals surface area (Å²) >= 11 is 0. The molecule has 20 heavy (non-hydrogen) atoms. The van der Waals surface area contributed by atoms with Crippen molar-refractivity contribution in [2.45, 2.75) is 39.4 Å². The smallest absolute Gasteiger partial charge is 0.338 e. The summed E-state index contributed by atoms with van der Waals surface area (Å²) in [6, 6.07) is 7.35. The summed E-state index contributed by atoms with van der Waals surface area (Å²) in [5.41, 5.74) is 1.61. The number of nitrogens with zero attached hydrogens (tertiary/aromatic N) is 1. The Morgan fingerprint density at radius 1 is 1.15 bits per heavy atom. The Labute approximate surface area is 121 Å². The summed E-state index contributed by atoms with van der Waals surface area (Å²) in [5, 5.41) is 0. The van der Waals surface area contributed by atoms with E-state index in [0.717, 1.165) is 12.1 Å². The molecule has 4 nitrogen and oxygen atoms in total. The molecule has 0 spiro atoms. The molecule has 0 aliphatic heterocycles. The van der Waals surface area contributed by atoms with E-state index in [2.05, 4.69) is 6.92 Å². The lowest BCUT2D eigenvalue weighted by atomic mass is 10.2. The SMILES string of the molecule is CCC(C)OCC(C)OC(=O)c1ccc(N(C)C)cc1. The van der Waals surface area contributed by atoms with Crippen molar-refractivity contribution in [2.75, 3.05) is 25.6 Å². The van der Waals surface area contributed by atoms with Crippen LogP contribution in [0, 0.1) is 0 Å². The summed E-state index contributed by atoms with van der Waals surface area (Å²) in [5.74, 6) is -0.310. The fraction of sp³-hybridized carbons (Fsp3) is 0.562. The molecule has 0 N–H and O–H groups in total. The molecule has 1 aromatic rings. The first-order valence-electron chi connectivity index (χ1n) is 7.04. The van der Waals surface area contributed by atoms with Crippen molar-refractivity contribution in [3.05, 3.63) is 29.8 Å². The highest BCUT2D eigenvalue weighted by atomic mass is 16.6. The minimum Gasteiger partial charge on any atom is -0.457 e. The number of benzene rings is 1. The van der Waals surface area contributed by atoms with Crippen LogP contribution in [-0.2, 0) is 9.47 Å².